The lowest BCUT2D eigenvalue weighted by molar-refractivity contribution is -0.159. The average molecular weight is 620 g/mol. The highest BCUT2D eigenvalue weighted by Gasteiger charge is 2.33. The fourth-order valence-corrected chi connectivity index (χ4v) is 5.76. The van der Waals surface area contributed by atoms with Crippen LogP contribution in [0, 0.1) is 10.8 Å². The monoisotopic (exact) mass is 619 g/mol. The highest BCUT2D eigenvalue weighted by Crippen LogP contribution is 2.24. The van der Waals surface area contributed by atoms with Crippen LogP contribution in [-0.4, -0.2) is 82.3 Å². The number of nitrogens with one attached hydrogen (secondary N) is 1. The number of carbonyl (C=O) groups excluding carboxylic acids is 2. The zero-order chi connectivity index (χ0) is 32.2. The first-order chi connectivity index (χ1) is 20.3. The molecule has 15 heteroatoms. The third-order valence-electron chi connectivity index (χ3n) is 6.37. The third-order valence-corrected chi connectivity index (χ3v) is 7.84. The molecule has 5 N–H and O–H groups in total. The van der Waals surface area contributed by atoms with E-state index in [0.717, 1.165) is 18.2 Å². The number of nitrogens with zero attached hydrogens (tertiary/aromatic N) is 4. The molecule has 236 valence electrons. The van der Waals surface area contributed by atoms with Crippen molar-refractivity contribution in [3.8, 4) is 5.75 Å². The first-order valence-corrected chi connectivity index (χ1v) is 15.2. The fourth-order valence-electron chi connectivity index (χ4n) is 4.51. The van der Waals surface area contributed by atoms with Crippen molar-refractivity contribution in [3.05, 3.63) is 36.4 Å². The van der Waals surface area contributed by atoms with Crippen LogP contribution in [0.1, 0.15) is 46.5 Å². The van der Waals surface area contributed by atoms with Crippen molar-refractivity contribution in [2.75, 3.05) is 33.4 Å². The molecule has 1 unspecified atom stereocenters. The summed E-state index contributed by atoms with van der Waals surface area (Å²) < 4.78 is 46.1. The van der Waals surface area contributed by atoms with E-state index in [-0.39, 0.29) is 43.0 Å². The first kappa shape index (κ1) is 35.2. The summed E-state index contributed by atoms with van der Waals surface area (Å²) in [5.41, 5.74) is 10.1. The number of hydrogen-bond acceptors (Lipinski definition) is 10. The molecule has 2 aromatic rings. The number of carbonyl (C=O) groups is 2. The topological polar surface area (TPSA) is 223 Å². The Morgan fingerprint density at radius 2 is 1.86 bits per heavy atom. The second-order valence-corrected chi connectivity index (χ2v) is 12.7. The van der Waals surface area contributed by atoms with Crippen LogP contribution >= 0.6 is 0 Å². The lowest BCUT2D eigenvalue weighted by Gasteiger charge is -2.30. The molecule has 43 heavy (non-hydrogen) atoms. The summed E-state index contributed by atoms with van der Waals surface area (Å²) >= 11 is 0. The standard InChI is InChI=1S/C28H41N5O7S.N2/c1-28(2,3)40-25(34)18-33(17-22-7-6-14-39-22)26(35)24(8-5-13-31-27(29)30)32-41(36,37)23-12-10-19-9-11-21(38-4)15-20(19)16-23;1-2/h9-12,15-16,22,24,32H,5-8,13-14,17-18H2,1-4H3,(H4,29,30,31);/t22?,24-;/m0./s1. The molecule has 1 saturated heterocycles. The van der Waals surface area contributed by atoms with E-state index in [1.807, 2.05) is 6.07 Å². The number of rotatable bonds is 13. The Balaban J connectivity index is 0.00000316. The Labute approximate surface area is 252 Å². The maximum atomic E-state index is 13.9. The molecule has 1 heterocycles. The number of guanidine groups is 1. The van der Waals surface area contributed by atoms with Crippen LogP contribution in [0.15, 0.2) is 46.3 Å². The molecule has 1 fully saturated rings. The van der Waals surface area contributed by atoms with Crippen LogP contribution in [0.4, 0.5) is 0 Å². The van der Waals surface area contributed by atoms with Gasteiger partial charge < -0.3 is 30.6 Å². The Hall–Kier alpha value is -4.00. The quantitative estimate of drug-likeness (QED) is 0.0965. The van der Waals surface area contributed by atoms with Gasteiger partial charge in [0.25, 0.3) is 0 Å². The minimum atomic E-state index is -4.16. The summed E-state index contributed by atoms with van der Waals surface area (Å²) in [6.07, 6.45) is 1.69. The van der Waals surface area contributed by atoms with Gasteiger partial charge in [0.1, 0.15) is 23.9 Å². The Morgan fingerprint density at radius 1 is 1.16 bits per heavy atom. The van der Waals surface area contributed by atoms with Crippen LogP contribution in [-0.2, 0) is 29.1 Å². The normalized spacial score (nSPS) is 15.5. The Morgan fingerprint density at radius 3 is 2.47 bits per heavy atom. The van der Waals surface area contributed by atoms with Gasteiger partial charge in [-0.15, -0.1) is 0 Å². The van der Waals surface area contributed by atoms with E-state index in [2.05, 4.69) is 9.71 Å². The molecule has 0 aliphatic carbocycles. The van der Waals surface area contributed by atoms with Gasteiger partial charge in [0, 0.05) is 30.5 Å². The van der Waals surface area contributed by atoms with Crippen LogP contribution in [0.25, 0.3) is 10.8 Å². The predicted octanol–water partition coefficient (Wildman–Crippen LogP) is 1.93. The SMILES string of the molecule is COc1ccc2ccc(S(=O)(=O)N[C@@H](CCCN=C(N)N)C(=O)N(CC(=O)OC(C)(C)C)CC3CCCO3)cc2c1.N#N. The van der Waals surface area contributed by atoms with Crippen molar-refractivity contribution >= 4 is 38.6 Å². The van der Waals surface area contributed by atoms with Crippen molar-refractivity contribution in [1.82, 2.24) is 9.62 Å². The lowest BCUT2D eigenvalue weighted by atomic mass is 10.1. The number of ether oxygens (including phenoxy) is 3. The predicted molar refractivity (Wildman–Crippen MR) is 159 cm³/mol. The van der Waals surface area contributed by atoms with E-state index >= 15 is 0 Å². The van der Waals surface area contributed by atoms with Crippen molar-refractivity contribution in [1.29, 1.82) is 10.8 Å². The largest absolute Gasteiger partial charge is 0.497 e. The van der Waals surface area contributed by atoms with Gasteiger partial charge >= 0.3 is 5.97 Å². The summed E-state index contributed by atoms with van der Waals surface area (Å²) in [5, 5.41) is 13.5. The van der Waals surface area contributed by atoms with E-state index in [1.165, 1.54) is 24.1 Å². The van der Waals surface area contributed by atoms with Crippen molar-refractivity contribution in [3.63, 3.8) is 0 Å². The highest BCUT2D eigenvalue weighted by molar-refractivity contribution is 7.89. The zero-order valence-electron chi connectivity index (χ0n) is 25.0. The van der Waals surface area contributed by atoms with E-state index < -0.39 is 33.5 Å². The van der Waals surface area contributed by atoms with E-state index in [1.54, 1.807) is 39.0 Å². The summed E-state index contributed by atoms with van der Waals surface area (Å²) in [4.78, 5) is 31.9. The van der Waals surface area contributed by atoms with Crippen molar-refractivity contribution in [2.45, 2.75) is 69.1 Å². The van der Waals surface area contributed by atoms with Gasteiger partial charge in [-0.1, -0.05) is 12.1 Å². The molecule has 0 aromatic heterocycles. The third kappa shape index (κ3) is 11.3. The number of methoxy groups -OCH3 is 1. The van der Waals surface area contributed by atoms with E-state index in [4.69, 9.17) is 36.5 Å². The minimum absolute atomic E-state index is 0.0157. The van der Waals surface area contributed by atoms with Gasteiger partial charge in [-0.25, -0.2) is 8.42 Å². The first-order valence-electron chi connectivity index (χ1n) is 13.7. The molecule has 14 nitrogen and oxygen atoms in total. The maximum Gasteiger partial charge on any atom is 0.326 e. The lowest BCUT2D eigenvalue weighted by Crippen LogP contribution is -2.52. The number of nitrogens with two attached hydrogens (primary N) is 2. The number of hydrogen-bond donors (Lipinski definition) is 3. The fraction of sp³-hybridized carbons (Fsp3) is 0.536. The van der Waals surface area contributed by atoms with E-state index in [9.17, 15) is 18.0 Å². The summed E-state index contributed by atoms with van der Waals surface area (Å²) in [7, 11) is -2.63. The summed E-state index contributed by atoms with van der Waals surface area (Å²) in [5.74, 6) is -0.693. The van der Waals surface area contributed by atoms with Gasteiger partial charge in [0.05, 0.1) is 18.1 Å². The van der Waals surface area contributed by atoms with E-state index in [0.29, 0.717) is 24.2 Å². The zero-order valence-corrected chi connectivity index (χ0v) is 25.8. The number of aliphatic imine (C=N–C) groups is 1. The number of sulfonamides is 1. The molecular formula is C28H41N7O7S. The van der Waals surface area contributed by atoms with Gasteiger partial charge in [-0.2, -0.15) is 4.72 Å². The van der Waals surface area contributed by atoms with Gasteiger partial charge in [-0.3, -0.25) is 14.6 Å². The van der Waals surface area contributed by atoms with Gasteiger partial charge in [-0.05, 0) is 81.5 Å². The molecule has 0 saturated carbocycles. The smallest absolute Gasteiger partial charge is 0.326 e. The van der Waals surface area contributed by atoms with Crippen molar-refractivity contribution < 1.29 is 32.2 Å². The van der Waals surface area contributed by atoms with Gasteiger partial charge in [0.15, 0.2) is 5.96 Å². The summed E-state index contributed by atoms with van der Waals surface area (Å²) in [6.45, 7) is 5.73. The maximum absolute atomic E-state index is 13.9. The molecule has 2 aromatic carbocycles. The molecule has 1 amide bonds. The molecule has 0 bridgehead atoms. The second-order valence-electron chi connectivity index (χ2n) is 10.9. The van der Waals surface area contributed by atoms with Crippen LogP contribution in [0.5, 0.6) is 5.75 Å². The molecule has 1 aliphatic heterocycles. The molecular weight excluding hydrogens is 578 g/mol. The molecule has 2 atom stereocenters. The summed E-state index contributed by atoms with van der Waals surface area (Å²) in [6, 6.07) is 8.83. The minimum Gasteiger partial charge on any atom is -0.497 e. The average Bonchev–Trinajstić information content (AvgIpc) is 3.46. The number of esters is 1. The molecule has 0 spiro atoms. The van der Waals surface area contributed by atoms with Crippen molar-refractivity contribution in [2.24, 2.45) is 16.5 Å². The van der Waals surface area contributed by atoms with Crippen LogP contribution in [0.3, 0.4) is 0 Å². The number of benzene rings is 2. The molecule has 0 radical (unpaired) electrons. The number of amides is 1. The van der Waals surface area contributed by atoms with Crippen LogP contribution in [0.2, 0.25) is 0 Å². The molecule has 3 rings (SSSR count). The highest BCUT2D eigenvalue weighted by atomic mass is 32.2. The number of fused-ring (bicyclic) bond motifs is 1. The van der Waals surface area contributed by atoms with Gasteiger partial charge in [0.2, 0.25) is 15.9 Å². The van der Waals surface area contributed by atoms with Crippen LogP contribution < -0.4 is 20.9 Å². The Bertz CT molecular complexity index is 1400. The molecule has 1 aliphatic rings. The Kier molecular flexibility index (Phi) is 13.1. The second kappa shape index (κ2) is 16.0.